The summed E-state index contributed by atoms with van der Waals surface area (Å²) in [5, 5.41) is 0. The van der Waals surface area contributed by atoms with E-state index in [-0.39, 0.29) is 5.92 Å². The van der Waals surface area contributed by atoms with Crippen LogP contribution in [0.1, 0.15) is 0 Å². The van der Waals surface area contributed by atoms with E-state index in [0.717, 1.165) is 0 Å². The van der Waals surface area contributed by atoms with Crippen LogP contribution in [0.2, 0.25) is 0 Å². The van der Waals surface area contributed by atoms with Crippen molar-refractivity contribution in [1.29, 1.82) is 0 Å². The van der Waals surface area contributed by atoms with Gasteiger partial charge >= 0.3 is 0 Å². The van der Waals surface area contributed by atoms with Gasteiger partial charge in [-0.1, -0.05) is 23.2 Å². The molecule has 6 rings (SSSR count). The zero-order valence-electron chi connectivity index (χ0n) is 7.98. The van der Waals surface area contributed by atoms with Gasteiger partial charge in [-0.15, -0.1) is 81.2 Å². The van der Waals surface area contributed by atoms with Gasteiger partial charge < -0.3 is 0 Å². The maximum atomic E-state index is 6.61. The van der Waals surface area contributed by atoms with Crippen molar-refractivity contribution in [2.75, 3.05) is 0 Å². The highest BCUT2D eigenvalue weighted by molar-refractivity contribution is 6.77. The second-order valence-electron chi connectivity index (χ2n) is 5.78. The Morgan fingerprint density at radius 3 is 1.17 bits per heavy atom. The molecule has 6 fully saturated rings. The van der Waals surface area contributed by atoms with Gasteiger partial charge in [0.2, 0.25) is 0 Å². The van der Waals surface area contributed by atoms with Crippen molar-refractivity contribution in [2.45, 2.75) is 38.5 Å². The highest BCUT2D eigenvalue weighted by atomic mass is 35.5. The molecule has 18 heavy (non-hydrogen) atoms. The minimum atomic E-state index is -1.65. The van der Waals surface area contributed by atoms with Crippen LogP contribution in [0.3, 0.4) is 0 Å². The fourth-order valence-corrected chi connectivity index (χ4v) is 13.6. The summed E-state index contributed by atoms with van der Waals surface area (Å²) in [5.74, 6) is -0.346. The number of rotatable bonds is 0. The Morgan fingerprint density at radius 2 is 0.778 bits per heavy atom. The van der Waals surface area contributed by atoms with Crippen LogP contribution in [0, 0.1) is 5.92 Å². The lowest BCUT2D eigenvalue weighted by Gasteiger charge is -3.01. The van der Waals surface area contributed by atoms with Crippen molar-refractivity contribution in [1.82, 2.24) is 0 Å². The molecule has 9 heteroatoms. The lowest BCUT2D eigenvalue weighted by Crippen LogP contribution is -3.21. The molecule has 6 aliphatic carbocycles. The van der Waals surface area contributed by atoms with E-state index in [2.05, 4.69) is 0 Å². The highest BCUT2D eigenvalue weighted by Gasteiger charge is 3.31. The molecule has 0 saturated heterocycles. The van der Waals surface area contributed by atoms with Crippen LogP contribution < -0.4 is 0 Å². The smallest absolute Gasteiger partial charge is 0.115 e. The van der Waals surface area contributed by atoms with E-state index in [1.807, 2.05) is 0 Å². The molecule has 0 aliphatic heterocycles. The zero-order valence-corrected chi connectivity index (χ0v) is 14.8. The summed E-state index contributed by atoms with van der Waals surface area (Å²) < 4.78 is -1.65. The second-order valence-corrected chi connectivity index (χ2v) is 11.2. The standard InChI is InChI=1S/C9HCl9/c10-2-1-3(11)5(2,13)8(16)6(2,14)4(1,12)7(3,15)9(8,17)18/h1H/t1?,2?,3-,4-,5-,6+,7?,8?/m1/s1. The van der Waals surface area contributed by atoms with Crippen LogP contribution >= 0.6 is 104 Å². The van der Waals surface area contributed by atoms with E-state index in [4.69, 9.17) is 104 Å². The minimum Gasteiger partial charge on any atom is -0.115 e. The third-order valence-electron chi connectivity index (χ3n) is 6.02. The third-order valence-corrected chi connectivity index (χ3v) is 14.2. The maximum absolute atomic E-state index is 6.61. The lowest BCUT2D eigenvalue weighted by atomic mass is 9.17. The molecule has 0 heterocycles. The molecule has 4 unspecified atom stereocenters. The fourth-order valence-electron chi connectivity index (χ4n) is 5.59. The Kier molecular flexibility index (Phi) is 1.72. The van der Waals surface area contributed by atoms with Gasteiger partial charge in [0.05, 0.1) is 14.6 Å². The van der Waals surface area contributed by atoms with Crippen molar-refractivity contribution >= 4 is 104 Å². The van der Waals surface area contributed by atoms with Crippen molar-refractivity contribution in [3.8, 4) is 0 Å². The predicted octanol–water partition coefficient (Wildman–Crippen LogP) is 4.69. The summed E-state index contributed by atoms with van der Waals surface area (Å²) in [7, 11) is 0. The second kappa shape index (κ2) is 2.36. The Balaban J connectivity index is 1.99. The van der Waals surface area contributed by atoms with E-state index in [0.29, 0.717) is 0 Å². The number of hydrogen-bond donors (Lipinski definition) is 0. The average Bonchev–Trinajstić information content (AvgIpc) is 2.34. The maximum Gasteiger partial charge on any atom is 0.163 e. The molecule has 0 N–H and O–H groups in total. The molecule has 0 aromatic rings. The van der Waals surface area contributed by atoms with E-state index in [1.165, 1.54) is 0 Å². The van der Waals surface area contributed by atoms with Gasteiger partial charge in [-0.3, -0.25) is 0 Å². The summed E-state index contributed by atoms with van der Waals surface area (Å²) >= 11 is 59.0. The molecule has 8 atom stereocenters. The normalized spacial score (nSPS) is 87.5. The van der Waals surface area contributed by atoms with Crippen LogP contribution in [0.25, 0.3) is 0 Å². The van der Waals surface area contributed by atoms with E-state index in [9.17, 15) is 0 Å². The van der Waals surface area contributed by atoms with Gasteiger partial charge in [0.25, 0.3) is 0 Å². The monoisotopic (exact) mass is 424 g/mol. The third kappa shape index (κ3) is 0.472. The lowest BCUT2D eigenvalue weighted by molar-refractivity contribution is -0.267. The molecule has 0 nitrogen and oxygen atoms in total. The summed E-state index contributed by atoms with van der Waals surface area (Å²) in [6, 6.07) is 0. The Labute approximate surface area is 147 Å². The molecule has 0 spiro atoms. The van der Waals surface area contributed by atoms with Crippen molar-refractivity contribution in [3.63, 3.8) is 0 Å². The van der Waals surface area contributed by atoms with Gasteiger partial charge in [-0.2, -0.15) is 0 Å². The van der Waals surface area contributed by atoms with Crippen molar-refractivity contribution < 1.29 is 0 Å². The Morgan fingerprint density at radius 1 is 0.444 bits per heavy atom. The van der Waals surface area contributed by atoms with E-state index in [1.54, 1.807) is 0 Å². The highest BCUT2D eigenvalue weighted by Crippen LogP contribution is 3.14. The average molecular weight is 428 g/mol. The Hall–Kier alpha value is 2.61. The molecule has 0 radical (unpaired) electrons. The summed E-state index contributed by atoms with van der Waals surface area (Å²) in [6.07, 6.45) is 0. The van der Waals surface area contributed by atoms with Crippen LogP contribution in [-0.2, 0) is 0 Å². The number of alkyl halides is 9. The summed E-state index contributed by atoms with van der Waals surface area (Å²) in [4.78, 5) is -8.63. The minimum absolute atomic E-state index is 0.346. The molecular formula is C9HCl9. The first kappa shape index (κ1) is 13.1. The van der Waals surface area contributed by atoms with Crippen LogP contribution in [0.15, 0.2) is 0 Å². The van der Waals surface area contributed by atoms with Crippen LogP contribution in [0.5, 0.6) is 0 Å². The molecule has 6 saturated carbocycles. The molecule has 0 aromatic carbocycles. The van der Waals surface area contributed by atoms with Crippen LogP contribution in [-0.4, -0.2) is 38.5 Å². The topological polar surface area (TPSA) is 0 Å². The van der Waals surface area contributed by atoms with Gasteiger partial charge in [0, 0.05) is 5.92 Å². The van der Waals surface area contributed by atoms with Gasteiger partial charge in [0.15, 0.2) is 4.33 Å². The zero-order chi connectivity index (χ0) is 13.6. The molecule has 2 bridgehead atoms. The Bertz CT molecular complexity index is 545. The van der Waals surface area contributed by atoms with Crippen molar-refractivity contribution in [3.05, 3.63) is 0 Å². The summed E-state index contributed by atoms with van der Waals surface area (Å²) in [6.45, 7) is 0. The first-order valence-corrected chi connectivity index (χ1v) is 8.47. The number of halogens is 9. The van der Waals surface area contributed by atoms with Crippen LogP contribution in [0.4, 0.5) is 0 Å². The molecule has 0 amide bonds. The molecule has 6 aliphatic rings. The van der Waals surface area contributed by atoms with Gasteiger partial charge in [-0.25, -0.2) is 0 Å². The van der Waals surface area contributed by atoms with Gasteiger partial charge in [0.1, 0.15) is 19.5 Å². The first-order valence-electron chi connectivity index (χ1n) is 5.07. The fraction of sp³-hybridized carbons (Fsp3) is 1.00. The molecular weight excluding hydrogens is 427 g/mol. The van der Waals surface area contributed by atoms with Gasteiger partial charge in [-0.05, 0) is 0 Å². The predicted molar refractivity (Wildman–Crippen MR) is 78.0 cm³/mol. The van der Waals surface area contributed by atoms with Crippen molar-refractivity contribution in [2.24, 2.45) is 5.92 Å². The first-order chi connectivity index (χ1) is 7.87. The number of hydrogen-bond acceptors (Lipinski definition) is 0. The SMILES string of the molecule is ClC1(Cl)C2(Cl)[C@]3(Cl)C4(Cl)C5[C@]3(Cl)C1(Cl)[C@]5(Cl)[C@]42Cl. The van der Waals surface area contributed by atoms with E-state index < -0.39 is 38.5 Å². The largest absolute Gasteiger partial charge is 0.163 e. The quantitative estimate of drug-likeness (QED) is 0.492. The molecule has 100 valence electrons. The summed E-state index contributed by atoms with van der Waals surface area (Å²) in [5.41, 5.74) is 0. The molecule has 0 aromatic heterocycles. The van der Waals surface area contributed by atoms with E-state index >= 15 is 0 Å².